The fourth-order valence-electron chi connectivity index (χ4n) is 1.39. The minimum absolute atomic E-state index is 0.151. The van der Waals surface area contributed by atoms with E-state index in [2.05, 4.69) is 15.6 Å². The SMILES string of the molecule is CC(C)NC(N)=NCCNC(=O)c1ccc(Cl)cc1. The van der Waals surface area contributed by atoms with Gasteiger partial charge in [-0.1, -0.05) is 11.6 Å². The molecule has 0 aliphatic heterocycles. The summed E-state index contributed by atoms with van der Waals surface area (Å²) < 4.78 is 0. The van der Waals surface area contributed by atoms with Crippen LogP contribution < -0.4 is 16.4 Å². The lowest BCUT2D eigenvalue weighted by atomic mass is 10.2. The number of nitrogens with two attached hydrogens (primary N) is 1. The van der Waals surface area contributed by atoms with Crippen LogP contribution in [0.3, 0.4) is 0 Å². The summed E-state index contributed by atoms with van der Waals surface area (Å²) in [5.41, 5.74) is 6.20. The fourth-order valence-corrected chi connectivity index (χ4v) is 1.52. The second-order valence-corrected chi connectivity index (χ2v) is 4.77. The first kappa shape index (κ1) is 15.3. The summed E-state index contributed by atoms with van der Waals surface area (Å²) in [6.45, 7) is 4.82. The molecule has 0 heterocycles. The molecule has 19 heavy (non-hydrogen) atoms. The van der Waals surface area contributed by atoms with E-state index < -0.39 is 0 Å². The van der Waals surface area contributed by atoms with Gasteiger partial charge in [-0.25, -0.2) is 0 Å². The molecule has 1 amide bonds. The molecule has 1 aromatic carbocycles. The van der Waals surface area contributed by atoms with Gasteiger partial charge in [0.25, 0.3) is 5.91 Å². The maximum absolute atomic E-state index is 11.7. The number of nitrogens with one attached hydrogen (secondary N) is 2. The zero-order valence-electron chi connectivity index (χ0n) is 11.1. The predicted molar refractivity (Wildman–Crippen MR) is 78.5 cm³/mol. The molecule has 0 fully saturated rings. The summed E-state index contributed by atoms with van der Waals surface area (Å²) in [6.07, 6.45) is 0. The predicted octanol–water partition coefficient (Wildman–Crippen LogP) is 1.38. The van der Waals surface area contributed by atoms with E-state index in [0.717, 1.165) is 0 Å². The maximum atomic E-state index is 11.7. The molecule has 5 nitrogen and oxygen atoms in total. The van der Waals surface area contributed by atoms with Gasteiger partial charge in [-0.05, 0) is 38.1 Å². The average Bonchev–Trinajstić information content (AvgIpc) is 2.34. The van der Waals surface area contributed by atoms with Gasteiger partial charge in [0.1, 0.15) is 0 Å². The van der Waals surface area contributed by atoms with Gasteiger partial charge in [-0.15, -0.1) is 0 Å². The van der Waals surface area contributed by atoms with Gasteiger partial charge in [-0.2, -0.15) is 0 Å². The normalized spacial score (nSPS) is 11.5. The van der Waals surface area contributed by atoms with Crippen molar-refractivity contribution in [3.05, 3.63) is 34.9 Å². The number of rotatable bonds is 5. The Morgan fingerprint density at radius 3 is 2.58 bits per heavy atom. The molecule has 0 spiro atoms. The third-order valence-electron chi connectivity index (χ3n) is 2.22. The number of halogens is 1. The first-order valence-corrected chi connectivity index (χ1v) is 6.47. The van der Waals surface area contributed by atoms with Crippen molar-refractivity contribution in [3.8, 4) is 0 Å². The summed E-state index contributed by atoms with van der Waals surface area (Å²) in [7, 11) is 0. The van der Waals surface area contributed by atoms with Crippen LogP contribution in [0.15, 0.2) is 29.3 Å². The molecule has 0 bridgehead atoms. The van der Waals surface area contributed by atoms with Crippen LogP contribution in [-0.2, 0) is 0 Å². The van der Waals surface area contributed by atoms with Crippen molar-refractivity contribution in [2.24, 2.45) is 10.7 Å². The first-order chi connectivity index (χ1) is 8.99. The number of nitrogens with zero attached hydrogens (tertiary/aromatic N) is 1. The van der Waals surface area contributed by atoms with E-state index in [9.17, 15) is 4.79 Å². The number of hydrogen-bond acceptors (Lipinski definition) is 2. The van der Waals surface area contributed by atoms with Gasteiger partial charge in [0.15, 0.2) is 5.96 Å². The number of hydrogen-bond donors (Lipinski definition) is 3. The summed E-state index contributed by atoms with van der Waals surface area (Å²) in [5.74, 6) is 0.234. The average molecular weight is 283 g/mol. The molecule has 104 valence electrons. The Kier molecular flexibility index (Phi) is 6.15. The van der Waals surface area contributed by atoms with Crippen LogP contribution >= 0.6 is 11.6 Å². The summed E-state index contributed by atoms with van der Waals surface area (Å²) in [4.78, 5) is 15.8. The number of carbonyl (C=O) groups is 1. The molecule has 0 saturated carbocycles. The number of carbonyl (C=O) groups excluding carboxylic acids is 1. The standard InChI is InChI=1S/C13H19ClN4O/c1-9(2)18-13(15)17-8-7-16-12(19)10-3-5-11(14)6-4-10/h3-6,9H,7-8H2,1-2H3,(H,16,19)(H3,15,17,18). The number of aliphatic imine (C=N–C) groups is 1. The Morgan fingerprint density at radius 1 is 1.37 bits per heavy atom. The van der Waals surface area contributed by atoms with Crippen molar-refractivity contribution in [3.63, 3.8) is 0 Å². The Balaban J connectivity index is 2.33. The number of guanidine groups is 1. The lowest BCUT2D eigenvalue weighted by Gasteiger charge is -2.08. The highest BCUT2D eigenvalue weighted by atomic mass is 35.5. The summed E-state index contributed by atoms with van der Waals surface area (Å²) >= 11 is 5.75. The molecule has 1 rings (SSSR count). The maximum Gasteiger partial charge on any atom is 0.251 e. The Labute approximate surface area is 118 Å². The Morgan fingerprint density at radius 2 is 2.00 bits per heavy atom. The third-order valence-corrected chi connectivity index (χ3v) is 2.47. The smallest absolute Gasteiger partial charge is 0.251 e. The quantitative estimate of drug-likeness (QED) is 0.434. The van der Waals surface area contributed by atoms with E-state index in [-0.39, 0.29) is 11.9 Å². The fraction of sp³-hybridized carbons (Fsp3) is 0.385. The van der Waals surface area contributed by atoms with Crippen molar-refractivity contribution in [2.45, 2.75) is 19.9 Å². The molecular weight excluding hydrogens is 264 g/mol. The van der Waals surface area contributed by atoms with Gasteiger partial charge in [0.05, 0.1) is 6.54 Å². The van der Waals surface area contributed by atoms with Crippen LogP contribution in [0.25, 0.3) is 0 Å². The molecule has 0 atom stereocenters. The lowest BCUT2D eigenvalue weighted by molar-refractivity contribution is 0.0955. The van der Waals surface area contributed by atoms with Crippen LogP contribution in [-0.4, -0.2) is 31.0 Å². The lowest BCUT2D eigenvalue weighted by Crippen LogP contribution is -2.37. The molecule has 1 aromatic rings. The first-order valence-electron chi connectivity index (χ1n) is 6.09. The Hall–Kier alpha value is -1.75. The van der Waals surface area contributed by atoms with Gasteiger partial charge in [0.2, 0.25) is 0 Å². The van der Waals surface area contributed by atoms with E-state index >= 15 is 0 Å². The van der Waals surface area contributed by atoms with Crippen LogP contribution in [0.1, 0.15) is 24.2 Å². The minimum atomic E-state index is -0.151. The van der Waals surface area contributed by atoms with Crippen molar-refractivity contribution in [1.29, 1.82) is 0 Å². The second kappa shape index (κ2) is 7.63. The molecule has 0 unspecified atom stereocenters. The van der Waals surface area contributed by atoms with E-state index in [4.69, 9.17) is 17.3 Å². The summed E-state index contributed by atoms with van der Waals surface area (Å²) in [6, 6.07) is 6.95. The van der Waals surface area contributed by atoms with E-state index in [1.165, 1.54) is 0 Å². The largest absolute Gasteiger partial charge is 0.370 e. The number of amides is 1. The third kappa shape index (κ3) is 6.10. The van der Waals surface area contributed by atoms with Crippen molar-refractivity contribution >= 4 is 23.5 Å². The zero-order valence-corrected chi connectivity index (χ0v) is 11.9. The molecular formula is C13H19ClN4O. The number of benzene rings is 1. The van der Waals surface area contributed by atoms with Gasteiger partial charge < -0.3 is 16.4 Å². The van der Waals surface area contributed by atoms with Gasteiger partial charge in [-0.3, -0.25) is 9.79 Å². The van der Waals surface area contributed by atoms with Crippen molar-refractivity contribution in [2.75, 3.05) is 13.1 Å². The Bertz CT molecular complexity index is 442. The van der Waals surface area contributed by atoms with Crippen molar-refractivity contribution < 1.29 is 4.79 Å². The van der Waals surface area contributed by atoms with E-state index in [1.54, 1.807) is 24.3 Å². The topological polar surface area (TPSA) is 79.5 Å². The summed E-state index contributed by atoms with van der Waals surface area (Å²) in [5, 5.41) is 6.33. The molecule has 6 heteroatoms. The molecule has 0 aliphatic carbocycles. The second-order valence-electron chi connectivity index (χ2n) is 4.33. The van der Waals surface area contributed by atoms with E-state index in [1.807, 2.05) is 13.8 Å². The highest BCUT2D eigenvalue weighted by Gasteiger charge is 2.03. The monoisotopic (exact) mass is 282 g/mol. The zero-order chi connectivity index (χ0) is 14.3. The van der Waals surface area contributed by atoms with E-state index in [0.29, 0.717) is 29.6 Å². The van der Waals surface area contributed by atoms with Crippen LogP contribution in [0.2, 0.25) is 5.02 Å². The van der Waals surface area contributed by atoms with Crippen LogP contribution in [0.4, 0.5) is 0 Å². The highest BCUT2D eigenvalue weighted by molar-refractivity contribution is 6.30. The van der Waals surface area contributed by atoms with Crippen LogP contribution in [0, 0.1) is 0 Å². The molecule has 4 N–H and O–H groups in total. The van der Waals surface area contributed by atoms with Crippen LogP contribution in [0.5, 0.6) is 0 Å². The minimum Gasteiger partial charge on any atom is -0.370 e. The highest BCUT2D eigenvalue weighted by Crippen LogP contribution is 2.09. The van der Waals surface area contributed by atoms with Gasteiger partial charge in [0, 0.05) is 23.2 Å². The van der Waals surface area contributed by atoms with Crippen molar-refractivity contribution in [1.82, 2.24) is 10.6 Å². The molecule has 0 radical (unpaired) electrons. The molecule has 0 saturated heterocycles. The molecule has 0 aliphatic rings. The van der Waals surface area contributed by atoms with Gasteiger partial charge >= 0.3 is 0 Å². The molecule has 0 aromatic heterocycles.